The Morgan fingerprint density at radius 3 is 2.87 bits per heavy atom. The maximum absolute atomic E-state index is 12.4. The molecule has 2 heterocycles. The van der Waals surface area contributed by atoms with Crippen LogP contribution in [0.2, 0.25) is 0 Å². The van der Waals surface area contributed by atoms with Crippen molar-refractivity contribution in [2.75, 3.05) is 5.32 Å². The average molecular weight is 417 g/mol. The second-order valence-corrected chi connectivity index (χ2v) is 7.54. The van der Waals surface area contributed by atoms with Crippen molar-refractivity contribution in [1.29, 1.82) is 0 Å². The number of nitrogens with zero attached hydrogens (tertiary/aromatic N) is 2. The lowest BCUT2D eigenvalue weighted by Gasteiger charge is -2.12. The van der Waals surface area contributed by atoms with Crippen LogP contribution in [0.3, 0.4) is 0 Å². The van der Waals surface area contributed by atoms with E-state index in [-0.39, 0.29) is 18.1 Å². The molecular formula is C23H19N3O3S. The Morgan fingerprint density at radius 1 is 1.20 bits per heavy atom. The molecule has 150 valence electrons. The second kappa shape index (κ2) is 8.75. The number of aryl methyl sites for hydroxylation is 1. The lowest BCUT2D eigenvalue weighted by molar-refractivity contribution is -0.111. The van der Waals surface area contributed by atoms with Crippen LogP contribution < -0.4 is 15.6 Å². The molecule has 1 N–H and O–H groups in total. The zero-order valence-corrected chi connectivity index (χ0v) is 17.1. The number of amides is 1. The van der Waals surface area contributed by atoms with Gasteiger partial charge in [-0.3, -0.25) is 14.0 Å². The summed E-state index contributed by atoms with van der Waals surface area (Å²) in [6.07, 6.45) is 4.92. The van der Waals surface area contributed by atoms with Gasteiger partial charge in [-0.1, -0.05) is 36.4 Å². The van der Waals surface area contributed by atoms with Gasteiger partial charge in [-0.2, -0.15) is 0 Å². The van der Waals surface area contributed by atoms with Crippen LogP contribution in [0.25, 0.3) is 11.0 Å². The fourth-order valence-corrected chi connectivity index (χ4v) is 3.61. The van der Waals surface area contributed by atoms with Gasteiger partial charge in [0.15, 0.2) is 4.96 Å². The molecule has 0 aliphatic heterocycles. The molecule has 6 nitrogen and oxygen atoms in total. The molecule has 4 aromatic rings. The smallest absolute Gasteiger partial charge is 0.258 e. The van der Waals surface area contributed by atoms with Crippen molar-refractivity contribution in [3.05, 3.63) is 99.4 Å². The first-order chi connectivity index (χ1) is 14.6. The summed E-state index contributed by atoms with van der Waals surface area (Å²) < 4.78 is 7.39. The van der Waals surface area contributed by atoms with Gasteiger partial charge >= 0.3 is 0 Å². The number of carbonyl (C=O) groups excluding carboxylic acids is 1. The fraction of sp³-hybridized carbons (Fsp3) is 0.0870. The Balaban J connectivity index is 1.49. The van der Waals surface area contributed by atoms with Crippen LogP contribution in [0.5, 0.6) is 5.75 Å². The number of carbonyl (C=O) groups is 1. The summed E-state index contributed by atoms with van der Waals surface area (Å²) in [6, 6.07) is 16.6. The number of fused-ring (bicyclic) bond motifs is 1. The highest BCUT2D eigenvalue weighted by atomic mass is 32.1. The van der Waals surface area contributed by atoms with E-state index in [9.17, 15) is 9.59 Å². The van der Waals surface area contributed by atoms with E-state index < -0.39 is 0 Å². The lowest BCUT2D eigenvalue weighted by atomic mass is 10.2. The molecule has 1 amide bonds. The molecule has 0 fully saturated rings. The van der Waals surface area contributed by atoms with Crippen molar-refractivity contribution in [3.63, 3.8) is 0 Å². The highest BCUT2D eigenvalue weighted by molar-refractivity contribution is 7.15. The third-order valence-electron chi connectivity index (χ3n) is 4.35. The molecule has 0 atom stereocenters. The van der Waals surface area contributed by atoms with Crippen LogP contribution in [0.15, 0.2) is 77.0 Å². The summed E-state index contributed by atoms with van der Waals surface area (Å²) in [7, 11) is 0. The zero-order valence-electron chi connectivity index (χ0n) is 16.2. The predicted molar refractivity (Wildman–Crippen MR) is 119 cm³/mol. The zero-order chi connectivity index (χ0) is 20.9. The van der Waals surface area contributed by atoms with Crippen molar-refractivity contribution in [2.45, 2.75) is 13.5 Å². The molecule has 0 unspecified atom stereocenters. The topological polar surface area (TPSA) is 72.7 Å². The first-order valence-electron chi connectivity index (χ1n) is 9.32. The minimum atomic E-state index is -0.260. The summed E-state index contributed by atoms with van der Waals surface area (Å²) in [5.41, 5.74) is 2.87. The van der Waals surface area contributed by atoms with Crippen molar-refractivity contribution < 1.29 is 9.53 Å². The van der Waals surface area contributed by atoms with Gasteiger partial charge in [-0.15, -0.1) is 11.3 Å². The Hall–Kier alpha value is -3.71. The molecule has 0 aliphatic rings. The minimum Gasteiger partial charge on any atom is -0.485 e. The largest absolute Gasteiger partial charge is 0.485 e. The number of nitrogens with one attached hydrogen (secondary N) is 1. The maximum atomic E-state index is 12.4. The third kappa shape index (κ3) is 4.64. The molecule has 0 spiro atoms. The van der Waals surface area contributed by atoms with E-state index in [1.165, 1.54) is 27.9 Å². The average Bonchev–Trinajstić information content (AvgIpc) is 3.22. The second-order valence-electron chi connectivity index (χ2n) is 6.66. The van der Waals surface area contributed by atoms with Gasteiger partial charge in [0, 0.05) is 23.7 Å². The highest BCUT2D eigenvalue weighted by Crippen LogP contribution is 2.26. The van der Waals surface area contributed by atoms with E-state index in [1.54, 1.807) is 18.3 Å². The van der Waals surface area contributed by atoms with Crippen LogP contribution in [-0.2, 0) is 11.4 Å². The molecule has 0 bridgehead atoms. The Kier molecular flexibility index (Phi) is 5.72. The van der Waals surface area contributed by atoms with Crippen molar-refractivity contribution in [2.24, 2.45) is 0 Å². The van der Waals surface area contributed by atoms with Crippen molar-refractivity contribution in [3.8, 4) is 5.75 Å². The van der Waals surface area contributed by atoms with Gasteiger partial charge < -0.3 is 10.1 Å². The van der Waals surface area contributed by atoms with Gasteiger partial charge in [-0.25, -0.2) is 4.98 Å². The van der Waals surface area contributed by atoms with E-state index >= 15 is 0 Å². The lowest BCUT2D eigenvalue weighted by Crippen LogP contribution is -2.14. The van der Waals surface area contributed by atoms with Gasteiger partial charge in [0.1, 0.15) is 12.4 Å². The molecule has 0 saturated heterocycles. The van der Waals surface area contributed by atoms with Crippen LogP contribution >= 0.6 is 11.3 Å². The SMILES string of the molecule is Cc1ccc(NC(=O)/C=C/c2ccccc2)c(OCc2cc(=O)n3ccsc3n2)c1. The van der Waals surface area contributed by atoms with Crippen molar-refractivity contribution >= 4 is 34.0 Å². The minimum absolute atomic E-state index is 0.121. The number of benzene rings is 2. The summed E-state index contributed by atoms with van der Waals surface area (Å²) in [5.74, 6) is 0.258. The van der Waals surface area contributed by atoms with E-state index in [0.29, 0.717) is 22.1 Å². The van der Waals surface area contributed by atoms with Gasteiger partial charge in [0.05, 0.1) is 11.4 Å². The molecule has 0 radical (unpaired) electrons. The molecular weight excluding hydrogens is 398 g/mol. The van der Waals surface area contributed by atoms with E-state index in [0.717, 1.165) is 11.1 Å². The van der Waals surface area contributed by atoms with Crippen LogP contribution in [0.1, 0.15) is 16.8 Å². The maximum Gasteiger partial charge on any atom is 0.258 e. The standard InChI is InChI=1S/C23H19N3O3S/c1-16-7-9-19(25-21(27)10-8-17-5-3-2-4-6-17)20(13-16)29-15-18-14-22(28)26-11-12-30-23(26)24-18/h2-14H,15H2,1H3,(H,25,27)/b10-8+. The normalized spacial score (nSPS) is 11.1. The quantitative estimate of drug-likeness (QED) is 0.475. The summed E-state index contributed by atoms with van der Waals surface area (Å²) in [6.45, 7) is 2.06. The first-order valence-corrected chi connectivity index (χ1v) is 10.2. The highest BCUT2D eigenvalue weighted by Gasteiger charge is 2.09. The molecule has 30 heavy (non-hydrogen) atoms. The summed E-state index contributed by atoms with van der Waals surface area (Å²) in [5, 5.41) is 4.66. The van der Waals surface area contributed by atoms with Crippen molar-refractivity contribution in [1.82, 2.24) is 9.38 Å². The molecule has 0 saturated carbocycles. The molecule has 2 aromatic heterocycles. The van der Waals surface area contributed by atoms with E-state index in [1.807, 2.05) is 54.8 Å². The number of rotatable bonds is 6. The molecule has 0 aliphatic carbocycles. The number of ether oxygens (including phenoxy) is 1. The van der Waals surface area contributed by atoms with Gasteiger partial charge in [0.25, 0.3) is 5.56 Å². The fourth-order valence-electron chi connectivity index (χ4n) is 2.88. The van der Waals surface area contributed by atoms with E-state index in [4.69, 9.17) is 4.74 Å². The number of hydrogen-bond acceptors (Lipinski definition) is 5. The predicted octanol–water partition coefficient (Wildman–Crippen LogP) is 4.30. The summed E-state index contributed by atoms with van der Waals surface area (Å²) in [4.78, 5) is 29.5. The van der Waals surface area contributed by atoms with Crippen LogP contribution in [0.4, 0.5) is 5.69 Å². The number of aromatic nitrogens is 2. The molecule has 7 heteroatoms. The Labute approximate surface area is 177 Å². The summed E-state index contributed by atoms with van der Waals surface area (Å²) >= 11 is 1.39. The Bertz CT molecular complexity index is 1280. The number of hydrogen-bond donors (Lipinski definition) is 1. The monoisotopic (exact) mass is 417 g/mol. The molecule has 4 rings (SSSR count). The van der Waals surface area contributed by atoms with E-state index in [2.05, 4.69) is 10.3 Å². The van der Waals surface area contributed by atoms with Crippen LogP contribution in [-0.4, -0.2) is 15.3 Å². The number of thiazole rings is 1. The number of anilines is 1. The van der Waals surface area contributed by atoms with Crippen LogP contribution in [0, 0.1) is 6.92 Å². The van der Waals surface area contributed by atoms with Gasteiger partial charge in [-0.05, 0) is 36.3 Å². The molecule has 2 aromatic carbocycles. The third-order valence-corrected chi connectivity index (χ3v) is 5.11. The van der Waals surface area contributed by atoms with Gasteiger partial charge in [0.2, 0.25) is 5.91 Å². The first kappa shape index (κ1) is 19.6. The Morgan fingerprint density at radius 2 is 2.03 bits per heavy atom.